The number of carbonyl (C=O) groups excluding carboxylic acids is 1. The van der Waals surface area contributed by atoms with E-state index in [0.29, 0.717) is 23.7 Å². The molecule has 1 N–H and O–H groups in total. The fraction of sp³-hybridized carbons (Fsp3) is 0.292. The number of hydrogen-bond donors (Lipinski definition) is 1. The van der Waals surface area contributed by atoms with E-state index in [1.807, 2.05) is 44.2 Å². The van der Waals surface area contributed by atoms with E-state index in [4.69, 9.17) is 4.74 Å². The molecule has 0 atom stereocenters. The zero-order valence-electron chi connectivity index (χ0n) is 16.7. The fourth-order valence-corrected chi connectivity index (χ4v) is 2.81. The average molecular weight is 364 g/mol. The lowest BCUT2D eigenvalue weighted by Gasteiger charge is -2.12. The van der Waals surface area contributed by atoms with Crippen molar-refractivity contribution in [1.82, 2.24) is 0 Å². The molecule has 0 aliphatic carbocycles. The Bertz CT molecular complexity index is 852. The minimum absolute atomic E-state index is 0.0636. The van der Waals surface area contributed by atoms with Gasteiger partial charge >= 0.3 is 0 Å². The minimum atomic E-state index is -0.0636. The molecule has 142 valence electrons. The van der Waals surface area contributed by atoms with Crippen LogP contribution in [0.4, 0.5) is 0 Å². The molecular formula is C24H28O3. The van der Waals surface area contributed by atoms with Crippen LogP contribution in [0.25, 0.3) is 6.08 Å². The molecule has 0 fully saturated rings. The topological polar surface area (TPSA) is 46.5 Å². The monoisotopic (exact) mass is 364 g/mol. The molecule has 2 rings (SSSR count). The molecule has 3 heteroatoms. The number of carbonyl (C=O) groups is 1. The summed E-state index contributed by atoms with van der Waals surface area (Å²) in [7, 11) is 1.57. The average Bonchev–Trinajstić information content (AvgIpc) is 2.65. The lowest BCUT2D eigenvalue weighted by Crippen LogP contribution is -1.97. The van der Waals surface area contributed by atoms with Gasteiger partial charge in [0.25, 0.3) is 0 Å². The van der Waals surface area contributed by atoms with Gasteiger partial charge in [-0.25, -0.2) is 0 Å². The maximum absolute atomic E-state index is 12.5. The van der Waals surface area contributed by atoms with Crippen molar-refractivity contribution in [3.63, 3.8) is 0 Å². The van der Waals surface area contributed by atoms with Crippen molar-refractivity contribution in [2.45, 2.75) is 40.0 Å². The molecule has 0 amide bonds. The Kier molecular flexibility index (Phi) is 7.00. The van der Waals surface area contributed by atoms with Crippen LogP contribution in [0.3, 0.4) is 0 Å². The molecule has 3 nitrogen and oxygen atoms in total. The van der Waals surface area contributed by atoms with Crippen LogP contribution in [0.5, 0.6) is 11.5 Å². The van der Waals surface area contributed by atoms with E-state index in [0.717, 1.165) is 16.7 Å². The molecule has 0 saturated heterocycles. The third-order valence-corrected chi connectivity index (χ3v) is 4.46. The van der Waals surface area contributed by atoms with Gasteiger partial charge in [0.1, 0.15) is 11.5 Å². The van der Waals surface area contributed by atoms with Gasteiger partial charge in [-0.15, -0.1) is 0 Å². The van der Waals surface area contributed by atoms with E-state index in [2.05, 4.69) is 13.8 Å². The molecule has 0 unspecified atom stereocenters. The number of ether oxygens (including phenoxy) is 1. The van der Waals surface area contributed by atoms with Crippen LogP contribution < -0.4 is 4.74 Å². The number of ketones is 1. The van der Waals surface area contributed by atoms with Gasteiger partial charge in [-0.1, -0.05) is 49.8 Å². The summed E-state index contributed by atoms with van der Waals surface area (Å²) < 4.78 is 5.52. The van der Waals surface area contributed by atoms with Crippen molar-refractivity contribution < 1.29 is 14.6 Å². The highest BCUT2D eigenvalue weighted by atomic mass is 16.5. The van der Waals surface area contributed by atoms with Crippen LogP contribution in [-0.2, 0) is 6.42 Å². The molecule has 0 spiro atoms. The first-order chi connectivity index (χ1) is 12.8. The summed E-state index contributed by atoms with van der Waals surface area (Å²) in [4.78, 5) is 12.5. The van der Waals surface area contributed by atoms with Crippen molar-refractivity contribution in [2.24, 2.45) is 0 Å². The minimum Gasteiger partial charge on any atom is -0.508 e. The number of hydrogen-bond acceptors (Lipinski definition) is 3. The number of aromatic hydroxyl groups is 1. The Morgan fingerprint density at radius 1 is 1.11 bits per heavy atom. The molecular weight excluding hydrogens is 336 g/mol. The summed E-state index contributed by atoms with van der Waals surface area (Å²) in [6.07, 6.45) is 5.89. The highest BCUT2D eigenvalue weighted by Gasteiger charge is 2.12. The Morgan fingerprint density at radius 3 is 2.33 bits per heavy atom. The van der Waals surface area contributed by atoms with Crippen LogP contribution >= 0.6 is 0 Å². The van der Waals surface area contributed by atoms with Crippen LogP contribution in [0, 0.1) is 0 Å². The van der Waals surface area contributed by atoms with Crippen molar-refractivity contribution in [3.05, 3.63) is 76.4 Å². The third kappa shape index (κ3) is 5.33. The highest BCUT2D eigenvalue weighted by molar-refractivity contribution is 6.07. The second-order valence-corrected chi connectivity index (χ2v) is 7.15. The van der Waals surface area contributed by atoms with Gasteiger partial charge in [-0.2, -0.15) is 0 Å². The van der Waals surface area contributed by atoms with Crippen molar-refractivity contribution in [2.75, 3.05) is 7.11 Å². The summed E-state index contributed by atoms with van der Waals surface area (Å²) >= 11 is 0. The first kappa shape index (κ1) is 20.5. The second-order valence-electron chi connectivity index (χ2n) is 7.15. The Balaban J connectivity index is 2.28. The number of phenols is 1. The van der Waals surface area contributed by atoms with Gasteiger partial charge in [-0.05, 0) is 56.0 Å². The van der Waals surface area contributed by atoms with E-state index in [9.17, 15) is 9.90 Å². The maximum Gasteiger partial charge on any atom is 0.185 e. The largest absolute Gasteiger partial charge is 0.508 e. The Morgan fingerprint density at radius 2 is 1.78 bits per heavy atom. The van der Waals surface area contributed by atoms with Gasteiger partial charge in [0.15, 0.2) is 5.78 Å². The number of phenolic OH excluding ortho intramolecular Hbond substituents is 1. The number of benzene rings is 2. The van der Waals surface area contributed by atoms with E-state index in [1.54, 1.807) is 31.4 Å². The van der Waals surface area contributed by atoms with Gasteiger partial charge in [0.05, 0.1) is 7.11 Å². The van der Waals surface area contributed by atoms with Gasteiger partial charge in [-0.3, -0.25) is 4.79 Å². The lowest BCUT2D eigenvalue weighted by atomic mass is 9.99. The zero-order valence-corrected chi connectivity index (χ0v) is 16.7. The van der Waals surface area contributed by atoms with Crippen LogP contribution in [0.2, 0.25) is 0 Å². The lowest BCUT2D eigenvalue weighted by molar-refractivity contribution is 0.104. The Hall–Kier alpha value is -2.81. The summed E-state index contributed by atoms with van der Waals surface area (Å²) in [6.45, 7) is 8.27. The SMILES string of the molecule is COc1c(/C=C/C(=O)c2ccc(C(C)C)cc2)ccc(O)c1CC=C(C)C. The van der Waals surface area contributed by atoms with E-state index in [1.165, 1.54) is 5.56 Å². The molecule has 0 radical (unpaired) electrons. The number of allylic oxidation sites excluding steroid dienone is 3. The van der Waals surface area contributed by atoms with E-state index < -0.39 is 0 Å². The summed E-state index contributed by atoms with van der Waals surface area (Å²) in [6, 6.07) is 11.1. The molecule has 0 aliphatic heterocycles. The van der Waals surface area contributed by atoms with Crippen molar-refractivity contribution in [1.29, 1.82) is 0 Å². The first-order valence-corrected chi connectivity index (χ1v) is 9.18. The highest BCUT2D eigenvalue weighted by Crippen LogP contribution is 2.33. The first-order valence-electron chi connectivity index (χ1n) is 9.18. The molecule has 0 heterocycles. The maximum atomic E-state index is 12.5. The van der Waals surface area contributed by atoms with Crippen LogP contribution in [0.15, 0.2) is 54.1 Å². The molecule has 0 aromatic heterocycles. The third-order valence-electron chi connectivity index (χ3n) is 4.46. The molecule has 27 heavy (non-hydrogen) atoms. The molecule has 0 saturated carbocycles. The molecule has 0 bridgehead atoms. The van der Waals surface area contributed by atoms with E-state index in [-0.39, 0.29) is 11.5 Å². The number of methoxy groups -OCH3 is 1. The van der Waals surface area contributed by atoms with Crippen LogP contribution in [-0.4, -0.2) is 18.0 Å². The number of rotatable bonds is 7. The van der Waals surface area contributed by atoms with Gasteiger partial charge < -0.3 is 9.84 Å². The second kappa shape index (κ2) is 9.22. The zero-order chi connectivity index (χ0) is 20.0. The summed E-state index contributed by atoms with van der Waals surface area (Å²) in [5.74, 6) is 1.15. The fourth-order valence-electron chi connectivity index (χ4n) is 2.81. The van der Waals surface area contributed by atoms with Crippen LogP contribution in [0.1, 0.15) is 60.7 Å². The molecule has 2 aromatic carbocycles. The standard InChI is InChI=1S/C24H28O3/c1-16(2)6-13-21-23(26)15-12-20(24(21)27-5)11-14-22(25)19-9-7-18(8-10-19)17(3)4/h6-12,14-15,17,26H,13H2,1-5H3/b14-11+. The molecule has 2 aromatic rings. The molecule has 0 aliphatic rings. The normalized spacial score (nSPS) is 11.0. The predicted molar refractivity (Wildman–Crippen MR) is 112 cm³/mol. The van der Waals surface area contributed by atoms with Crippen molar-refractivity contribution >= 4 is 11.9 Å². The quantitative estimate of drug-likeness (QED) is 0.376. The van der Waals surface area contributed by atoms with Crippen molar-refractivity contribution in [3.8, 4) is 11.5 Å². The van der Waals surface area contributed by atoms with Gasteiger partial charge in [0.2, 0.25) is 0 Å². The van der Waals surface area contributed by atoms with Gasteiger partial charge in [0, 0.05) is 16.7 Å². The smallest absolute Gasteiger partial charge is 0.185 e. The van der Waals surface area contributed by atoms with E-state index >= 15 is 0 Å². The summed E-state index contributed by atoms with van der Waals surface area (Å²) in [5, 5.41) is 10.2. The predicted octanol–water partition coefficient (Wildman–Crippen LogP) is 5.93. The Labute approximate surface area is 162 Å². The summed E-state index contributed by atoms with van der Waals surface area (Å²) in [5.41, 5.74) is 4.50.